The van der Waals surface area contributed by atoms with Crippen LogP contribution in [-0.4, -0.2) is 49.9 Å². The molecule has 0 saturated carbocycles. The molecule has 1 aromatic rings. The lowest BCUT2D eigenvalue weighted by atomic mass is 9.96. The van der Waals surface area contributed by atoms with Crippen LogP contribution in [0.2, 0.25) is 0 Å². The van der Waals surface area contributed by atoms with Gasteiger partial charge in [-0.2, -0.15) is 0 Å². The zero-order valence-electron chi connectivity index (χ0n) is 16.3. The molecule has 0 aliphatic carbocycles. The van der Waals surface area contributed by atoms with Crippen molar-refractivity contribution in [2.45, 2.75) is 58.4 Å². The molecule has 1 N–H and O–H groups in total. The minimum atomic E-state index is 0.485. The van der Waals surface area contributed by atoms with Gasteiger partial charge in [0.2, 0.25) is 0 Å². The van der Waals surface area contributed by atoms with Gasteiger partial charge >= 0.3 is 0 Å². The monoisotopic (exact) mass is 350 g/mol. The minimum absolute atomic E-state index is 0.485. The van der Waals surface area contributed by atoms with Crippen LogP contribution in [0.5, 0.6) is 0 Å². The SMILES string of the molecule is CCC(CC)c1cc(CNC(=NC)N(C)CCC2CCOCC2)on1. The number of nitrogens with zero attached hydrogens (tertiary/aromatic N) is 3. The van der Waals surface area contributed by atoms with Crippen LogP contribution in [0.3, 0.4) is 0 Å². The zero-order chi connectivity index (χ0) is 18.1. The number of rotatable bonds is 8. The molecule has 1 saturated heterocycles. The standard InChI is InChI=1S/C19H34N4O2/c1-5-16(6-2)18-13-17(25-22-18)14-21-19(20-3)23(4)10-7-15-8-11-24-12-9-15/h13,15-16H,5-12,14H2,1-4H3,(H,20,21). The number of hydrogen-bond donors (Lipinski definition) is 1. The highest BCUT2D eigenvalue weighted by Crippen LogP contribution is 2.22. The molecule has 0 aromatic carbocycles. The maximum Gasteiger partial charge on any atom is 0.193 e. The van der Waals surface area contributed by atoms with E-state index in [1.165, 1.54) is 19.3 Å². The Morgan fingerprint density at radius 1 is 1.36 bits per heavy atom. The molecular weight excluding hydrogens is 316 g/mol. The number of aliphatic imine (C=N–C) groups is 1. The van der Waals surface area contributed by atoms with Gasteiger partial charge in [0.1, 0.15) is 0 Å². The molecule has 6 nitrogen and oxygen atoms in total. The molecule has 0 spiro atoms. The van der Waals surface area contributed by atoms with Crippen molar-refractivity contribution in [1.29, 1.82) is 0 Å². The third kappa shape index (κ3) is 6.03. The van der Waals surface area contributed by atoms with Crippen molar-refractivity contribution in [3.8, 4) is 0 Å². The van der Waals surface area contributed by atoms with Crippen molar-refractivity contribution >= 4 is 5.96 Å². The molecule has 6 heteroatoms. The summed E-state index contributed by atoms with van der Waals surface area (Å²) in [6.45, 7) is 7.81. The van der Waals surface area contributed by atoms with Crippen LogP contribution >= 0.6 is 0 Å². The Bertz CT molecular complexity index is 519. The molecule has 0 radical (unpaired) electrons. The van der Waals surface area contributed by atoms with Crippen molar-refractivity contribution in [1.82, 2.24) is 15.4 Å². The van der Waals surface area contributed by atoms with Crippen LogP contribution in [-0.2, 0) is 11.3 Å². The molecular formula is C19H34N4O2. The summed E-state index contributed by atoms with van der Waals surface area (Å²) in [5.41, 5.74) is 1.06. The Labute approximate surface area is 152 Å². The fourth-order valence-electron chi connectivity index (χ4n) is 3.38. The maximum atomic E-state index is 5.48. The highest BCUT2D eigenvalue weighted by molar-refractivity contribution is 5.79. The van der Waals surface area contributed by atoms with E-state index >= 15 is 0 Å². The Hall–Kier alpha value is -1.56. The Balaban J connectivity index is 1.79. The molecule has 142 valence electrons. The molecule has 2 rings (SSSR count). The van der Waals surface area contributed by atoms with E-state index in [2.05, 4.69) is 47.3 Å². The highest BCUT2D eigenvalue weighted by atomic mass is 16.5. The smallest absolute Gasteiger partial charge is 0.193 e. The summed E-state index contributed by atoms with van der Waals surface area (Å²) in [7, 11) is 3.91. The molecule has 0 unspecified atom stereocenters. The van der Waals surface area contributed by atoms with Gasteiger partial charge in [-0.1, -0.05) is 19.0 Å². The topological polar surface area (TPSA) is 62.9 Å². The van der Waals surface area contributed by atoms with Crippen LogP contribution in [0.25, 0.3) is 0 Å². The second-order valence-electron chi connectivity index (χ2n) is 6.90. The molecule has 1 aliphatic rings. The van der Waals surface area contributed by atoms with E-state index in [4.69, 9.17) is 9.26 Å². The van der Waals surface area contributed by atoms with Crippen LogP contribution < -0.4 is 5.32 Å². The van der Waals surface area contributed by atoms with Crippen LogP contribution in [0, 0.1) is 5.92 Å². The minimum Gasteiger partial charge on any atom is -0.381 e. The highest BCUT2D eigenvalue weighted by Gasteiger charge is 2.16. The van der Waals surface area contributed by atoms with Gasteiger partial charge in [0.25, 0.3) is 0 Å². The lowest BCUT2D eigenvalue weighted by molar-refractivity contribution is 0.0625. The van der Waals surface area contributed by atoms with Gasteiger partial charge in [0.05, 0.1) is 12.2 Å². The predicted octanol–water partition coefficient (Wildman–Crippen LogP) is 3.40. The Kier molecular flexibility index (Phi) is 8.25. The van der Waals surface area contributed by atoms with Crippen molar-refractivity contribution in [3.05, 3.63) is 17.5 Å². The molecule has 2 heterocycles. The van der Waals surface area contributed by atoms with E-state index in [1.807, 2.05) is 7.05 Å². The van der Waals surface area contributed by atoms with Gasteiger partial charge in [0.15, 0.2) is 11.7 Å². The number of guanidine groups is 1. The summed E-state index contributed by atoms with van der Waals surface area (Å²) in [5.74, 6) is 3.01. The summed E-state index contributed by atoms with van der Waals surface area (Å²) >= 11 is 0. The molecule has 0 bridgehead atoms. The van der Waals surface area contributed by atoms with E-state index in [1.54, 1.807) is 0 Å². The maximum absolute atomic E-state index is 5.48. The summed E-state index contributed by atoms with van der Waals surface area (Å²) in [6.07, 6.45) is 5.72. The average Bonchev–Trinajstić information content (AvgIpc) is 3.11. The van der Waals surface area contributed by atoms with E-state index in [9.17, 15) is 0 Å². The fourth-order valence-corrected chi connectivity index (χ4v) is 3.38. The number of hydrogen-bond acceptors (Lipinski definition) is 4. The normalized spacial score (nSPS) is 16.4. The number of ether oxygens (including phenoxy) is 1. The van der Waals surface area contributed by atoms with E-state index < -0.39 is 0 Å². The summed E-state index contributed by atoms with van der Waals surface area (Å²) in [6, 6.07) is 2.07. The molecule has 1 aromatic heterocycles. The molecule has 0 atom stereocenters. The third-order valence-electron chi connectivity index (χ3n) is 5.19. The lowest BCUT2D eigenvalue weighted by Gasteiger charge is -2.26. The van der Waals surface area contributed by atoms with Crippen molar-refractivity contribution in [2.75, 3.05) is 33.9 Å². The Morgan fingerprint density at radius 2 is 2.08 bits per heavy atom. The summed E-state index contributed by atoms with van der Waals surface area (Å²) in [5, 5.41) is 7.60. The van der Waals surface area contributed by atoms with Crippen LogP contribution in [0.15, 0.2) is 15.6 Å². The van der Waals surface area contributed by atoms with E-state index in [0.717, 1.165) is 55.9 Å². The van der Waals surface area contributed by atoms with Crippen molar-refractivity contribution in [2.24, 2.45) is 10.9 Å². The van der Waals surface area contributed by atoms with Crippen LogP contribution in [0.1, 0.15) is 63.3 Å². The van der Waals surface area contributed by atoms with Gasteiger partial charge in [-0.05, 0) is 38.0 Å². The largest absolute Gasteiger partial charge is 0.381 e. The van der Waals surface area contributed by atoms with Crippen molar-refractivity contribution in [3.63, 3.8) is 0 Å². The summed E-state index contributed by atoms with van der Waals surface area (Å²) < 4.78 is 10.9. The van der Waals surface area contributed by atoms with Gasteiger partial charge < -0.3 is 19.5 Å². The van der Waals surface area contributed by atoms with Crippen LogP contribution in [0.4, 0.5) is 0 Å². The molecule has 1 aliphatic heterocycles. The second kappa shape index (κ2) is 10.4. The quantitative estimate of drug-likeness (QED) is 0.575. The van der Waals surface area contributed by atoms with E-state index in [0.29, 0.717) is 12.5 Å². The number of nitrogens with one attached hydrogen (secondary N) is 1. The molecule has 25 heavy (non-hydrogen) atoms. The predicted molar refractivity (Wildman–Crippen MR) is 101 cm³/mol. The first-order valence-corrected chi connectivity index (χ1v) is 9.62. The van der Waals surface area contributed by atoms with Crippen molar-refractivity contribution < 1.29 is 9.26 Å². The first-order valence-electron chi connectivity index (χ1n) is 9.62. The Morgan fingerprint density at radius 3 is 2.72 bits per heavy atom. The van der Waals surface area contributed by atoms with Gasteiger partial charge in [-0.15, -0.1) is 0 Å². The number of aromatic nitrogens is 1. The van der Waals surface area contributed by atoms with Gasteiger partial charge in [0, 0.05) is 45.8 Å². The lowest BCUT2D eigenvalue weighted by Crippen LogP contribution is -2.39. The third-order valence-corrected chi connectivity index (χ3v) is 5.19. The first kappa shape index (κ1) is 19.8. The second-order valence-corrected chi connectivity index (χ2v) is 6.90. The van der Waals surface area contributed by atoms with E-state index in [-0.39, 0.29) is 0 Å². The first-order chi connectivity index (χ1) is 12.2. The zero-order valence-corrected chi connectivity index (χ0v) is 16.3. The summed E-state index contributed by atoms with van der Waals surface area (Å²) in [4.78, 5) is 6.57. The molecule has 0 amide bonds. The van der Waals surface area contributed by atoms with Gasteiger partial charge in [-0.25, -0.2) is 0 Å². The molecule has 1 fully saturated rings. The fraction of sp³-hybridized carbons (Fsp3) is 0.789. The van der Waals surface area contributed by atoms with Gasteiger partial charge in [-0.3, -0.25) is 4.99 Å². The average molecular weight is 351 g/mol.